The Labute approximate surface area is 210 Å². The molecule has 0 aromatic heterocycles. The number of alkyl halides is 2. The van der Waals surface area contributed by atoms with Gasteiger partial charge in [0.05, 0.1) is 12.0 Å². The fraction of sp³-hybridized carbons (Fsp3) is 0.741. The number of aliphatic hydroxyl groups is 1. The highest BCUT2D eigenvalue weighted by molar-refractivity contribution is 7.96. The molecular weight excluding hydrogens is 474 g/mol. The van der Waals surface area contributed by atoms with Crippen molar-refractivity contribution in [2.75, 3.05) is 0 Å². The van der Waals surface area contributed by atoms with Crippen LogP contribution in [0.4, 0.5) is 8.78 Å². The molecule has 5 nitrogen and oxygen atoms in total. The van der Waals surface area contributed by atoms with Gasteiger partial charge < -0.3 is 9.84 Å². The average Bonchev–Trinajstić information content (AvgIpc) is 3.39. The van der Waals surface area contributed by atoms with E-state index in [1.807, 2.05) is 0 Å². The molecule has 5 aliphatic rings. The molecule has 1 N–H and O–H groups in total. The first kappa shape index (κ1) is 25.1. The van der Waals surface area contributed by atoms with Crippen molar-refractivity contribution in [2.24, 2.45) is 34.5 Å². The number of carbonyl (C=O) groups is 3. The van der Waals surface area contributed by atoms with Gasteiger partial charge in [-0.1, -0.05) is 32.8 Å². The molecule has 5 aliphatic carbocycles. The van der Waals surface area contributed by atoms with Gasteiger partial charge in [0.15, 0.2) is 17.1 Å². The van der Waals surface area contributed by atoms with Gasteiger partial charge in [0.25, 0.3) is 0 Å². The second-order valence-electron chi connectivity index (χ2n) is 11.9. The number of ketones is 1. The zero-order chi connectivity index (χ0) is 25.6. The molecule has 192 valence electrons. The van der Waals surface area contributed by atoms with Crippen LogP contribution in [0.15, 0.2) is 23.8 Å². The standard InChI is InChI=1S/C27H34F2O5S/c1-14-10-17-18-12-20(28)19-11-16(30)8-9-24(19,2)26(18,29)21(31)13-25(17,3)27(14,23(33)35)34-22(32)15-6-4-5-7-15/h8-9,11,14-15,17-18,20-21,31H,4-7,10,12-13H2,1-3H3,(H,33,35)/t14-,17+,18+,20+,21+,24+,25+,26+,27+/m1/s1. The summed E-state index contributed by atoms with van der Waals surface area (Å²) in [5.41, 5.74) is -6.44. The van der Waals surface area contributed by atoms with Crippen LogP contribution in [0.25, 0.3) is 0 Å². The Morgan fingerprint density at radius 1 is 1.17 bits per heavy atom. The summed E-state index contributed by atoms with van der Waals surface area (Å²) in [5.74, 6) is -3.07. The second-order valence-corrected chi connectivity index (χ2v) is 12.3. The number of hydrogen-bond acceptors (Lipinski definition) is 5. The number of rotatable bonds is 3. The van der Waals surface area contributed by atoms with Crippen LogP contribution in [0, 0.1) is 34.5 Å². The van der Waals surface area contributed by atoms with Gasteiger partial charge in [0.1, 0.15) is 6.17 Å². The summed E-state index contributed by atoms with van der Waals surface area (Å²) in [6, 6.07) is 0. The van der Waals surface area contributed by atoms with Crippen molar-refractivity contribution in [3.05, 3.63) is 23.8 Å². The summed E-state index contributed by atoms with van der Waals surface area (Å²) in [7, 11) is 0. The SMILES string of the molecule is C[C@@H]1C[C@H]2[C@@H]3C[C@H](F)C4=CC(=O)C=C[C@]4(C)[C@@]3(F)[C@@H](O)C[C@]2(C)[C@@]1(OC(=O)C1CCCC1)C(=O)S. The zero-order valence-electron chi connectivity index (χ0n) is 20.4. The summed E-state index contributed by atoms with van der Waals surface area (Å²) in [6.45, 7) is 5.11. The third-order valence-electron chi connectivity index (χ3n) is 10.4. The van der Waals surface area contributed by atoms with E-state index in [1.54, 1.807) is 20.8 Å². The first-order valence-electron chi connectivity index (χ1n) is 12.8. The van der Waals surface area contributed by atoms with Gasteiger partial charge in [-0.2, -0.15) is 0 Å². The molecule has 0 radical (unpaired) electrons. The minimum Gasteiger partial charge on any atom is -0.449 e. The number of allylic oxidation sites excluding steroid dienone is 4. The molecule has 4 fully saturated rings. The molecule has 35 heavy (non-hydrogen) atoms. The Morgan fingerprint density at radius 3 is 2.46 bits per heavy atom. The lowest BCUT2D eigenvalue weighted by Crippen LogP contribution is -2.70. The van der Waals surface area contributed by atoms with Crippen molar-refractivity contribution in [1.29, 1.82) is 0 Å². The van der Waals surface area contributed by atoms with Gasteiger partial charge in [0.2, 0.25) is 5.12 Å². The van der Waals surface area contributed by atoms with Gasteiger partial charge in [-0.15, -0.1) is 12.6 Å². The predicted molar refractivity (Wildman–Crippen MR) is 128 cm³/mol. The molecule has 0 aliphatic heterocycles. The van der Waals surface area contributed by atoms with E-state index in [0.717, 1.165) is 18.9 Å². The number of ether oxygens (including phenoxy) is 1. The number of aliphatic hydroxyl groups excluding tert-OH is 1. The topological polar surface area (TPSA) is 80.7 Å². The van der Waals surface area contributed by atoms with Gasteiger partial charge in [-0.25, -0.2) is 8.78 Å². The number of fused-ring (bicyclic) bond motifs is 5. The Hall–Kier alpha value is -1.54. The number of thiol groups is 1. The molecular formula is C27H34F2O5S. The maximum Gasteiger partial charge on any atom is 0.309 e. The summed E-state index contributed by atoms with van der Waals surface area (Å²) in [4.78, 5) is 38.4. The molecule has 0 saturated heterocycles. The fourth-order valence-electron chi connectivity index (χ4n) is 8.64. The molecule has 0 aromatic carbocycles. The minimum absolute atomic E-state index is 0.0571. The first-order chi connectivity index (χ1) is 16.3. The molecule has 4 saturated carbocycles. The van der Waals surface area contributed by atoms with Crippen LogP contribution in [0.5, 0.6) is 0 Å². The number of carbonyl (C=O) groups excluding carboxylic acids is 3. The van der Waals surface area contributed by atoms with E-state index in [1.165, 1.54) is 12.2 Å². The highest BCUT2D eigenvalue weighted by Crippen LogP contribution is 2.71. The van der Waals surface area contributed by atoms with Crippen LogP contribution < -0.4 is 0 Å². The van der Waals surface area contributed by atoms with Crippen LogP contribution in [-0.2, 0) is 19.1 Å². The lowest BCUT2D eigenvalue weighted by Gasteiger charge is -2.63. The van der Waals surface area contributed by atoms with Crippen LogP contribution in [0.3, 0.4) is 0 Å². The molecule has 9 atom stereocenters. The number of halogens is 2. The Kier molecular flexibility index (Phi) is 5.73. The van der Waals surface area contributed by atoms with Gasteiger partial charge in [-0.05, 0) is 62.7 Å². The van der Waals surface area contributed by atoms with E-state index in [0.29, 0.717) is 19.3 Å². The van der Waals surface area contributed by atoms with Crippen molar-refractivity contribution in [2.45, 2.75) is 89.3 Å². The van der Waals surface area contributed by atoms with Crippen molar-refractivity contribution in [1.82, 2.24) is 0 Å². The lowest BCUT2D eigenvalue weighted by atomic mass is 9.44. The second kappa shape index (κ2) is 7.98. The molecule has 0 bridgehead atoms. The Bertz CT molecular complexity index is 1040. The molecule has 5 rings (SSSR count). The lowest BCUT2D eigenvalue weighted by molar-refractivity contribution is -0.229. The predicted octanol–water partition coefficient (Wildman–Crippen LogP) is 4.48. The van der Waals surface area contributed by atoms with Crippen LogP contribution in [-0.4, -0.2) is 45.5 Å². The molecule has 0 heterocycles. The molecule has 0 spiro atoms. The average molecular weight is 509 g/mol. The molecule has 0 unspecified atom stereocenters. The normalized spacial score (nSPS) is 49.2. The summed E-state index contributed by atoms with van der Waals surface area (Å²) in [5, 5.41) is 10.8. The van der Waals surface area contributed by atoms with Gasteiger partial charge in [-0.3, -0.25) is 14.4 Å². The highest BCUT2D eigenvalue weighted by atomic mass is 32.1. The largest absolute Gasteiger partial charge is 0.449 e. The zero-order valence-corrected chi connectivity index (χ0v) is 21.3. The van der Waals surface area contributed by atoms with Crippen molar-refractivity contribution in [3.8, 4) is 0 Å². The molecule has 0 aromatic rings. The minimum atomic E-state index is -2.24. The fourth-order valence-corrected chi connectivity index (χ4v) is 9.17. The maximum atomic E-state index is 17.3. The van der Waals surface area contributed by atoms with E-state index in [4.69, 9.17) is 4.74 Å². The quantitative estimate of drug-likeness (QED) is 0.434. The van der Waals surface area contributed by atoms with Gasteiger partial charge >= 0.3 is 5.97 Å². The third-order valence-corrected chi connectivity index (χ3v) is 10.8. The first-order valence-corrected chi connectivity index (χ1v) is 13.2. The maximum absolute atomic E-state index is 17.3. The van der Waals surface area contributed by atoms with E-state index >= 15 is 8.78 Å². The third kappa shape index (κ3) is 3.04. The Morgan fingerprint density at radius 2 is 1.83 bits per heavy atom. The number of esters is 1. The summed E-state index contributed by atoms with van der Waals surface area (Å²) < 4.78 is 39.0. The Balaban J connectivity index is 1.60. The van der Waals surface area contributed by atoms with Crippen molar-refractivity contribution in [3.63, 3.8) is 0 Å². The van der Waals surface area contributed by atoms with E-state index in [9.17, 15) is 19.5 Å². The van der Waals surface area contributed by atoms with E-state index < -0.39 is 69.0 Å². The molecule has 0 amide bonds. The van der Waals surface area contributed by atoms with Gasteiger partial charge in [0, 0.05) is 22.7 Å². The highest BCUT2D eigenvalue weighted by Gasteiger charge is 2.78. The van der Waals surface area contributed by atoms with Crippen LogP contribution in [0.1, 0.15) is 65.7 Å². The van der Waals surface area contributed by atoms with E-state index in [2.05, 4.69) is 12.6 Å². The smallest absolute Gasteiger partial charge is 0.309 e. The summed E-state index contributed by atoms with van der Waals surface area (Å²) >= 11 is 4.19. The van der Waals surface area contributed by atoms with E-state index in [-0.39, 0.29) is 24.3 Å². The molecule has 8 heteroatoms. The van der Waals surface area contributed by atoms with Crippen LogP contribution >= 0.6 is 12.6 Å². The van der Waals surface area contributed by atoms with Crippen LogP contribution in [0.2, 0.25) is 0 Å². The van der Waals surface area contributed by atoms with Crippen molar-refractivity contribution >= 4 is 29.5 Å². The van der Waals surface area contributed by atoms with Crippen molar-refractivity contribution < 1.29 is 33.0 Å². The summed E-state index contributed by atoms with van der Waals surface area (Å²) in [6.07, 6.45) is 3.90. The number of hydrogen-bond donors (Lipinski definition) is 2. The monoisotopic (exact) mass is 508 g/mol.